The Hall–Kier alpha value is 0.400. The van der Waals surface area contributed by atoms with E-state index in [1.807, 2.05) is 6.92 Å². The van der Waals surface area contributed by atoms with Crippen LogP contribution in [0, 0.1) is 0 Å². The molecule has 0 aliphatic rings. The fourth-order valence-electron chi connectivity index (χ4n) is 0. The third-order valence-electron chi connectivity index (χ3n) is 0.502. The van der Waals surface area contributed by atoms with Gasteiger partial charge in [-0.1, -0.05) is 15.9 Å². The van der Waals surface area contributed by atoms with Gasteiger partial charge < -0.3 is 11.5 Å². The molecule has 0 saturated heterocycles. The molecular formula is C3H9BrN2. The first kappa shape index (κ1) is 6.40. The van der Waals surface area contributed by atoms with Crippen LogP contribution in [0.1, 0.15) is 6.92 Å². The van der Waals surface area contributed by atoms with E-state index in [2.05, 4.69) is 15.9 Å². The summed E-state index contributed by atoms with van der Waals surface area (Å²) in [4.78, 5) is -0.0579. The maximum absolute atomic E-state index is 5.26. The molecule has 38 valence electrons. The highest BCUT2D eigenvalue weighted by Gasteiger charge is 1.98. The van der Waals surface area contributed by atoms with Crippen LogP contribution in [-0.2, 0) is 0 Å². The highest BCUT2D eigenvalue weighted by atomic mass is 79.9. The fraction of sp³-hybridized carbons (Fsp3) is 1.00. The van der Waals surface area contributed by atoms with Gasteiger partial charge in [-0.25, -0.2) is 0 Å². The standard InChI is InChI=1S/C3H9BrN2/c1-2(5)3(4)6/h2-3H,5-6H2,1H3/t2-,3?/m1/s1. The van der Waals surface area contributed by atoms with Gasteiger partial charge in [0.05, 0.1) is 4.95 Å². The first-order chi connectivity index (χ1) is 2.64. The third-order valence-corrected chi connectivity index (χ3v) is 1.34. The normalized spacial score (nSPS) is 20.0. The van der Waals surface area contributed by atoms with E-state index in [1.54, 1.807) is 0 Å². The molecule has 2 atom stereocenters. The number of hydrogen-bond acceptors (Lipinski definition) is 2. The highest BCUT2D eigenvalue weighted by Crippen LogP contribution is 1.91. The Morgan fingerprint density at radius 1 is 1.50 bits per heavy atom. The van der Waals surface area contributed by atoms with Crippen LogP contribution in [0.4, 0.5) is 0 Å². The van der Waals surface area contributed by atoms with Crippen molar-refractivity contribution in [1.29, 1.82) is 0 Å². The maximum Gasteiger partial charge on any atom is 0.0756 e. The number of nitrogens with two attached hydrogens (primary N) is 2. The summed E-state index contributed by atoms with van der Waals surface area (Å²) in [5.74, 6) is 0. The molecule has 0 aliphatic heterocycles. The smallest absolute Gasteiger partial charge is 0.0756 e. The van der Waals surface area contributed by atoms with Gasteiger partial charge in [0.1, 0.15) is 0 Å². The minimum absolute atomic E-state index is 0.0463. The molecule has 0 bridgehead atoms. The molecule has 4 N–H and O–H groups in total. The Bertz CT molecular complexity index is 29.8. The first-order valence-electron chi connectivity index (χ1n) is 1.80. The summed E-state index contributed by atoms with van der Waals surface area (Å²) < 4.78 is 0. The summed E-state index contributed by atoms with van der Waals surface area (Å²) in [5, 5.41) is 0. The van der Waals surface area contributed by atoms with E-state index in [1.165, 1.54) is 0 Å². The van der Waals surface area contributed by atoms with Gasteiger partial charge in [0.25, 0.3) is 0 Å². The van der Waals surface area contributed by atoms with Crippen LogP contribution in [0.3, 0.4) is 0 Å². The van der Waals surface area contributed by atoms with Crippen molar-refractivity contribution < 1.29 is 0 Å². The summed E-state index contributed by atoms with van der Waals surface area (Å²) in [5.41, 5.74) is 10.5. The zero-order chi connectivity index (χ0) is 5.15. The first-order valence-corrected chi connectivity index (χ1v) is 2.71. The number of hydrogen-bond donors (Lipinski definition) is 2. The van der Waals surface area contributed by atoms with Gasteiger partial charge in [0.15, 0.2) is 0 Å². The van der Waals surface area contributed by atoms with Crippen LogP contribution in [-0.4, -0.2) is 11.0 Å². The lowest BCUT2D eigenvalue weighted by molar-refractivity contribution is 0.719. The Morgan fingerprint density at radius 2 is 1.67 bits per heavy atom. The summed E-state index contributed by atoms with van der Waals surface area (Å²) in [6.07, 6.45) is 0. The van der Waals surface area contributed by atoms with Crippen molar-refractivity contribution in [1.82, 2.24) is 0 Å². The zero-order valence-electron chi connectivity index (χ0n) is 3.69. The maximum atomic E-state index is 5.26. The number of rotatable bonds is 1. The van der Waals surface area contributed by atoms with Crippen LogP contribution in [0.5, 0.6) is 0 Å². The largest absolute Gasteiger partial charge is 0.326 e. The third kappa shape index (κ3) is 2.63. The highest BCUT2D eigenvalue weighted by molar-refractivity contribution is 9.09. The van der Waals surface area contributed by atoms with E-state index in [0.29, 0.717) is 0 Å². The zero-order valence-corrected chi connectivity index (χ0v) is 5.27. The summed E-state index contributed by atoms with van der Waals surface area (Å²) >= 11 is 3.09. The topological polar surface area (TPSA) is 52.0 Å². The molecule has 0 aliphatic carbocycles. The van der Waals surface area contributed by atoms with E-state index in [4.69, 9.17) is 11.5 Å². The Morgan fingerprint density at radius 3 is 1.67 bits per heavy atom. The second kappa shape index (κ2) is 2.55. The molecule has 0 radical (unpaired) electrons. The monoisotopic (exact) mass is 152 g/mol. The SMILES string of the molecule is C[C@@H](N)C(N)Br. The Balaban J connectivity index is 2.99. The average molecular weight is 153 g/mol. The predicted octanol–water partition coefficient (Wildman–Crippen LogP) is 0.0133. The van der Waals surface area contributed by atoms with E-state index in [9.17, 15) is 0 Å². The van der Waals surface area contributed by atoms with Gasteiger partial charge in [0, 0.05) is 6.04 Å². The van der Waals surface area contributed by atoms with Gasteiger partial charge in [-0.05, 0) is 6.92 Å². The molecule has 1 unspecified atom stereocenters. The predicted molar refractivity (Wildman–Crippen MR) is 30.6 cm³/mol. The van der Waals surface area contributed by atoms with Crippen molar-refractivity contribution in [2.45, 2.75) is 17.9 Å². The Labute approximate surface area is 46.0 Å². The molecule has 0 fully saturated rings. The van der Waals surface area contributed by atoms with Crippen LogP contribution >= 0.6 is 15.9 Å². The minimum atomic E-state index is -0.0579. The molecule has 0 spiro atoms. The molecule has 3 heteroatoms. The van der Waals surface area contributed by atoms with Crippen molar-refractivity contribution in [2.24, 2.45) is 11.5 Å². The van der Waals surface area contributed by atoms with Crippen LogP contribution in [0.15, 0.2) is 0 Å². The number of halogens is 1. The molecule has 0 aromatic heterocycles. The Kier molecular flexibility index (Phi) is 2.72. The second-order valence-electron chi connectivity index (χ2n) is 1.30. The van der Waals surface area contributed by atoms with Gasteiger partial charge in [-0.2, -0.15) is 0 Å². The molecule has 0 amide bonds. The number of alkyl halides is 1. The lowest BCUT2D eigenvalue weighted by atomic mass is 10.4. The van der Waals surface area contributed by atoms with Crippen LogP contribution in [0.25, 0.3) is 0 Å². The molecule has 0 rings (SSSR count). The molecule has 2 nitrogen and oxygen atoms in total. The minimum Gasteiger partial charge on any atom is -0.326 e. The lowest BCUT2D eigenvalue weighted by Crippen LogP contribution is -2.33. The molecule has 0 heterocycles. The van der Waals surface area contributed by atoms with E-state index >= 15 is 0 Å². The molecule has 0 aromatic rings. The average Bonchev–Trinajstić information content (AvgIpc) is 1.36. The van der Waals surface area contributed by atoms with Gasteiger partial charge >= 0.3 is 0 Å². The summed E-state index contributed by atoms with van der Waals surface area (Å²) in [6.45, 7) is 1.85. The molecule has 0 aromatic carbocycles. The van der Waals surface area contributed by atoms with E-state index in [-0.39, 0.29) is 11.0 Å². The van der Waals surface area contributed by atoms with Crippen molar-refractivity contribution in [3.05, 3.63) is 0 Å². The lowest BCUT2D eigenvalue weighted by Gasteiger charge is -2.04. The van der Waals surface area contributed by atoms with Gasteiger partial charge in [0.2, 0.25) is 0 Å². The second-order valence-corrected chi connectivity index (χ2v) is 2.36. The quantitative estimate of drug-likeness (QED) is 0.412. The fourth-order valence-corrected chi connectivity index (χ4v) is 0. The molecule has 6 heavy (non-hydrogen) atoms. The van der Waals surface area contributed by atoms with Crippen molar-refractivity contribution >= 4 is 15.9 Å². The molecule has 0 saturated carbocycles. The molecular weight excluding hydrogens is 144 g/mol. The van der Waals surface area contributed by atoms with Gasteiger partial charge in [-0.3, -0.25) is 0 Å². The van der Waals surface area contributed by atoms with Crippen LogP contribution < -0.4 is 11.5 Å². The van der Waals surface area contributed by atoms with Gasteiger partial charge in [-0.15, -0.1) is 0 Å². The summed E-state index contributed by atoms with van der Waals surface area (Å²) in [6, 6.07) is 0.0463. The van der Waals surface area contributed by atoms with Crippen LogP contribution in [0.2, 0.25) is 0 Å². The van der Waals surface area contributed by atoms with E-state index in [0.717, 1.165) is 0 Å². The van der Waals surface area contributed by atoms with E-state index < -0.39 is 0 Å². The van der Waals surface area contributed by atoms with Crippen molar-refractivity contribution in [3.63, 3.8) is 0 Å². The summed E-state index contributed by atoms with van der Waals surface area (Å²) in [7, 11) is 0. The van der Waals surface area contributed by atoms with Crippen molar-refractivity contribution in [3.8, 4) is 0 Å². The van der Waals surface area contributed by atoms with Crippen molar-refractivity contribution in [2.75, 3.05) is 0 Å².